The van der Waals surface area contributed by atoms with Crippen LogP contribution in [0.5, 0.6) is 0 Å². The monoisotopic (exact) mass is 236 g/mol. The molecule has 2 heterocycles. The summed E-state index contributed by atoms with van der Waals surface area (Å²) in [5.74, 6) is 1.33. The van der Waals surface area contributed by atoms with Gasteiger partial charge in [-0.3, -0.25) is 0 Å². The molecule has 96 valence electrons. The quantitative estimate of drug-likeness (QED) is 0.542. The molecule has 0 aromatic rings. The van der Waals surface area contributed by atoms with Gasteiger partial charge in [-0.15, -0.1) is 0 Å². The smallest absolute Gasteiger partial charge is 0.115 e. The van der Waals surface area contributed by atoms with Crippen LogP contribution >= 0.6 is 0 Å². The zero-order chi connectivity index (χ0) is 12.4. The van der Waals surface area contributed by atoms with E-state index in [1.54, 1.807) is 0 Å². The van der Waals surface area contributed by atoms with Crippen LogP contribution in [0, 0.1) is 11.8 Å². The molecule has 0 amide bonds. The predicted molar refractivity (Wildman–Crippen MR) is 69.4 cm³/mol. The van der Waals surface area contributed by atoms with E-state index in [0.29, 0.717) is 11.8 Å². The highest BCUT2D eigenvalue weighted by Gasteiger charge is 2.39. The van der Waals surface area contributed by atoms with Crippen molar-refractivity contribution in [2.75, 3.05) is 0 Å². The SMILES string of the molecule is CC(C)=CCCC(C)[C@@H]1C[C@H]2OO[C@H]1C=C2C. The van der Waals surface area contributed by atoms with E-state index in [-0.39, 0.29) is 12.2 Å². The normalized spacial score (nSPS) is 33.2. The minimum absolute atomic E-state index is 0.182. The van der Waals surface area contributed by atoms with E-state index in [1.807, 2.05) is 0 Å². The summed E-state index contributed by atoms with van der Waals surface area (Å²) in [6.07, 6.45) is 8.52. The molecular weight excluding hydrogens is 212 g/mol. The molecule has 0 N–H and O–H groups in total. The summed E-state index contributed by atoms with van der Waals surface area (Å²) in [4.78, 5) is 10.7. The Balaban J connectivity index is 1.89. The molecule has 1 unspecified atom stereocenters. The van der Waals surface area contributed by atoms with Crippen LogP contribution in [0.15, 0.2) is 23.3 Å². The van der Waals surface area contributed by atoms with Gasteiger partial charge in [0, 0.05) is 0 Å². The second-order valence-corrected chi connectivity index (χ2v) is 5.79. The third kappa shape index (κ3) is 2.99. The summed E-state index contributed by atoms with van der Waals surface area (Å²) in [5.41, 5.74) is 2.76. The molecule has 0 aromatic heterocycles. The van der Waals surface area contributed by atoms with Gasteiger partial charge in [-0.25, -0.2) is 9.78 Å². The molecule has 2 heteroatoms. The van der Waals surface area contributed by atoms with Crippen molar-refractivity contribution in [1.29, 1.82) is 0 Å². The van der Waals surface area contributed by atoms with Crippen molar-refractivity contribution in [1.82, 2.24) is 0 Å². The van der Waals surface area contributed by atoms with Crippen LogP contribution in [0.1, 0.15) is 47.0 Å². The lowest BCUT2D eigenvalue weighted by Crippen LogP contribution is -2.43. The molecule has 2 aliphatic heterocycles. The molecule has 17 heavy (non-hydrogen) atoms. The van der Waals surface area contributed by atoms with Crippen molar-refractivity contribution in [3.8, 4) is 0 Å². The lowest BCUT2D eigenvalue weighted by molar-refractivity contribution is -0.380. The molecule has 1 saturated heterocycles. The number of hydrogen-bond acceptors (Lipinski definition) is 2. The van der Waals surface area contributed by atoms with Crippen LogP contribution < -0.4 is 0 Å². The Labute approximate surface area is 105 Å². The molecule has 3 aliphatic rings. The molecule has 1 fully saturated rings. The fourth-order valence-corrected chi connectivity index (χ4v) is 2.81. The van der Waals surface area contributed by atoms with Crippen molar-refractivity contribution in [2.24, 2.45) is 11.8 Å². The Morgan fingerprint density at radius 1 is 1.47 bits per heavy atom. The first-order chi connectivity index (χ1) is 8.08. The Kier molecular flexibility index (Phi) is 4.05. The topological polar surface area (TPSA) is 18.5 Å². The fourth-order valence-electron chi connectivity index (χ4n) is 2.81. The van der Waals surface area contributed by atoms with Crippen LogP contribution in [0.3, 0.4) is 0 Å². The molecule has 0 aromatic carbocycles. The zero-order valence-electron chi connectivity index (χ0n) is 11.4. The second kappa shape index (κ2) is 5.36. The maximum absolute atomic E-state index is 5.42. The average molecular weight is 236 g/mol. The molecule has 2 nitrogen and oxygen atoms in total. The Bertz CT molecular complexity index is 326. The van der Waals surface area contributed by atoms with Gasteiger partial charge in [-0.2, -0.15) is 0 Å². The largest absolute Gasteiger partial charge is 0.228 e. The van der Waals surface area contributed by atoms with Gasteiger partial charge in [-0.1, -0.05) is 24.6 Å². The van der Waals surface area contributed by atoms with Gasteiger partial charge in [-0.05, 0) is 57.4 Å². The minimum Gasteiger partial charge on any atom is -0.228 e. The van der Waals surface area contributed by atoms with Gasteiger partial charge in [0.1, 0.15) is 12.2 Å². The highest BCUT2D eigenvalue weighted by atomic mass is 17.2. The minimum atomic E-state index is 0.182. The number of rotatable bonds is 4. The summed E-state index contributed by atoms with van der Waals surface area (Å²) >= 11 is 0. The molecule has 0 spiro atoms. The predicted octanol–water partition coefficient (Wildman–Crippen LogP) is 4.03. The van der Waals surface area contributed by atoms with Crippen molar-refractivity contribution in [3.63, 3.8) is 0 Å². The van der Waals surface area contributed by atoms with Gasteiger partial charge in [0.25, 0.3) is 0 Å². The Morgan fingerprint density at radius 3 is 2.76 bits per heavy atom. The molecule has 3 rings (SSSR count). The Hall–Kier alpha value is -0.600. The van der Waals surface area contributed by atoms with Gasteiger partial charge in [0.15, 0.2) is 0 Å². The van der Waals surface area contributed by atoms with Gasteiger partial charge in [0.05, 0.1) is 0 Å². The molecule has 0 radical (unpaired) electrons. The molecule has 4 atom stereocenters. The van der Waals surface area contributed by atoms with E-state index >= 15 is 0 Å². The zero-order valence-corrected chi connectivity index (χ0v) is 11.4. The summed E-state index contributed by atoms with van der Waals surface area (Å²) in [6, 6.07) is 0. The van der Waals surface area contributed by atoms with Crippen LogP contribution in [-0.2, 0) is 9.78 Å². The molecule has 0 saturated carbocycles. The second-order valence-electron chi connectivity index (χ2n) is 5.79. The number of hydrogen-bond donors (Lipinski definition) is 0. The Morgan fingerprint density at radius 2 is 2.24 bits per heavy atom. The van der Waals surface area contributed by atoms with Crippen molar-refractivity contribution < 1.29 is 9.78 Å². The van der Waals surface area contributed by atoms with Crippen molar-refractivity contribution in [2.45, 2.75) is 59.2 Å². The third-order valence-corrected chi connectivity index (χ3v) is 4.03. The molecular formula is C15H24O2. The summed E-state index contributed by atoms with van der Waals surface area (Å²) in [6.45, 7) is 8.81. The highest BCUT2D eigenvalue weighted by Crippen LogP contribution is 2.39. The number of fused-ring (bicyclic) bond motifs is 2. The van der Waals surface area contributed by atoms with E-state index in [1.165, 1.54) is 24.0 Å². The lowest BCUT2D eigenvalue weighted by atomic mass is 9.76. The van der Waals surface area contributed by atoms with Gasteiger partial charge < -0.3 is 0 Å². The fraction of sp³-hybridized carbons (Fsp3) is 0.733. The first-order valence-electron chi connectivity index (χ1n) is 6.71. The van der Waals surface area contributed by atoms with E-state index in [4.69, 9.17) is 9.78 Å². The maximum Gasteiger partial charge on any atom is 0.115 e. The van der Waals surface area contributed by atoms with Gasteiger partial charge >= 0.3 is 0 Å². The molecule has 1 aliphatic carbocycles. The highest BCUT2D eigenvalue weighted by molar-refractivity contribution is 5.16. The van der Waals surface area contributed by atoms with Crippen molar-refractivity contribution in [3.05, 3.63) is 23.3 Å². The standard InChI is InChI=1S/C15H24O2/c1-10(2)6-5-7-11(3)13-9-14-12(4)8-15(13)17-16-14/h6,8,11,13-15H,5,7,9H2,1-4H3/t11?,13-,14+,15-/m0/s1. The summed E-state index contributed by atoms with van der Waals surface area (Å²) in [5, 5.41) is 0. The lowest BCUT2D eigenvalue weighted by Gasteiger charge is -2.41. The summed E-state index contributed by atoms with van der Waals surface area (Å²) in [7, 11) is 0. The van der Waals surface area contributed by atoms with Crippen LogP contribution in [-0.4, -0.2) is 12.2 Å². The first-order valence-corrected chi connectivity index (χ1v) is 6.71. The van der Waals surface area contributed by atoms with Crippen LogP contribution in [0.4, 0.5) is 0 Å². The first kappa shape index (κ1) is 12.8. The maximum atomic E-state index is 5.42. The van der Waals surface area contributed by atoms with Crippen LogP contribution in [0.2, 0.25) is 0 Å². The van der Waals surface area contributed by atoms with E-state index < -0.39 is 0 Å². The average Bonchev–Trinajstić information content (AvgIpc) is 2.28. The molecule has 2 bridgehead atoms. The number of allylic oxidation sites excluding steroid dienone is 2. The van der Waals surface area contributed by atoms with Crippen molar-refractivity contribution >= 4 is 0 Å². The third-order valence-electron chi connectivity index (χ3n) is 4.03. The van der Waals surface area contributed by atoms with E-state index in [0.717, 1.165) is 6.42 Å². The summed E-state index contributed by atoms with van der Waals surface area (Å²) < 4.78 is 0. The van der Waals surface area contributed by atoms with E-state index in [9.17, 15) is 0 Å². The van der Waals surface area contributed by atoms with E-state index in [2.05, 4.69) is 39.8 Å². The van der Waals surface area contributed by atoms with Gasteiger partial charge in [0.2, 0.25) is 0 Å². The van der Waals surface area contributed by atoms with Crippen LogP contribution in [0.25, 0.3) is 0 Å².